The van der Waals surface area contributed by atoms with E-state index in [1.807, 2.05) is 24.3 Å². The lowest BCUT2D eigenvalue weighted by Crippen LogP contribution is -2.12. The maximum absolute atomic E-state index is 12.8. The minimum Gasteiger partial charge on any atom is -0.443 e. The number of fused-ring (bicyclic) bond motifs is 1. The average molecular weight is 431 g/mol. The zero-order chi connectivity index (χ0) is 19.6. The van der Waals surface area contributed by atoms with Crippen LogP contribution < -0.4 is 4.72 Å². The molecule has 0 atom stereocenters. The Kier molecular flexibility index (Phi) is 5.30. The number of halogens is 1. The van der Waals surface area contributed by atoms with Crippen LogP contribution in [0.25, 0.3) is 11.0 Å². The van der Waals surface area contributed by atoms with Crippen LogP contribution in [0.1, 0.15) is 5.69 Å². The third kappa shape index (κ3) is 4.16. The number of pyridine rings is 1. The van der Waals surface area contributed by atoms with Gasteiger partial charge in [-0.05, 0) is 36.4 Å². The number of para-hydroxylation sites is 1. The molecule has 5 nitrogen and oxygen atoms in total. The highest BCUT2D eigenvalue weighted by Crippen LogP contribution is 2.34. The summed E-state index contributed by atoms with van der Waals surface area (Å²) in [6.07, 6.45) is 1.73. The number of sulfonamides is 1. The Hall–Kier alpha value is -2.48. The molecule has 2 heterocycles. The fraction of sp³-hybridized carbons (Fsp3) is 0.0500. The predicted molar refractivity (Wildman–Crippen MR) is 112 cm³/mol. The summed E-state index contributed by atoms with van der Waals surface area (Å²) in [5.41, 5.74) is 1.81. The summed E-state index contributed by atoms with van der Waals surface area (Å²) in [7, 11) is -3.90. The Morgan fingerprint density at radius 2 is 1.86 bits per heavy atom. The van der Waals surface area contributed by atoms with E-state index in [4.69, 9.17) is 16.0 Å². The first-order chi connectivity index (χ1) is 13.5. The highest BCUT2D eigenvalue weighted by Gasteiger charge is 2.21. The van der Waals surface area contributed by atoms with Crippen molar-refractivity contribution >= 4 is 50.0 Å². The van der Waals surface area contributed by atoms with Crippen LogP contribution in [0.4, 0.5) is 5.69 Å². The largest absolute Gasteiger partial charge is 0.443 e. The van der Waals surface area contributed by atoms with Crippen LogP contribution in [0.5, 0.6) is 0 Å². The molecule has 0 saturated carbocycles. The molecule has 0 unspecified atom stereocenters. The van der Waals surface area contributed by atoms with Crippen LogP contribution in [0.2, 0.25) is 5.02 Å². The van der Waals surface area contributed by atoms with Gasteiger partial charge in [-0.3, -0.25) is 9.71 Å². The van der Waals surface area contributed by atoms with Crippen LogP contribution in [-0.2, 0) is 15.8 Å². The van der Waals surface area contributed by atoms with Gasteiger partial charge in [0.1, 0.15) is 5.58 Å². The van der Waals surface area contributed by atoms with Crippen molar-refractivity contribution in [2.24, 2.45) is 0 Å². The number of thioether (sulfide) groups is 1. The molecular formula is C20H15ClN2O3S2. The van der Waals surface area contributed by atoms with E-state index < -0.39 is 10.0 Å². The molecule has 0 amide bonds. The van der Waals surface area contributed by atoms with Gasteiger partial charge in [-0.2, -0.15) is 8.42 Å². The van der Waals surface area contributed by atoms with Gasteiger partial charge in [0.2, 0.25) is 5.09 Å². The molecule has 0 aliphatic carbocycles. The smallest absolute Gasteiger partial charge is 0.295 e. The van der Waals surface area contributed by atoms with Crippen molar-refractivity contribution in [2.75, 3.05) is 4.72 Å². The van der Waals surface area contributed by atoms with Crippen molar-refractivity contribution in [3.63, 3.8) is 0 Å². The van der Waals surface area contributed by atoms with E-state index in [0.29, 0.717) is 22.0 Å². The molecular weight excluding hydrogens is 416 g/mol. The van der Waals surface area contributed by atoms with E-state index in [0.717, 1.165) is 16.0 Å². The van der Waals surface area contributed by atoms with Crippen molar-refractivity contribution in [1.82, 2.24) is 4.98 Å². The molecule has 0 aliphatic rings. The molecule has 0 spiro atoms. The molecule has 0 aliphatic heterocycles. The Morgan fingerprint density at radius 3 is 2.64 bits per heavy atom. The number of benzene rings is 2. The molecule has 142 valence electrons. The molecule has 0 bridgehead atoms. The highest BCUT2D eigenvalue weighted by atomic mass is 35.5. The fourth-order valence-electron chi connectivity index (χ4n) is 2.63. The van der Waals surface area contributed by atoms with Crippen LogP contribution in [0, 0.1) is 0 Å². The number of hydrogen-bond donors (Lipinski definition) is 1. The lowest BCUT2D eigenvalue weighted by atomic mass is 10.3. The van der Waals surface area contributed by atoms with Gasteiger partial charge in [0.25, 0.3) is 10.0 Å². The Labute approximate surface area is 171 Å². The minimum absolute atomic E-state index is 0.144. The number of furan rings is 1. The van der Waals surface area contributed by atoms with Gasteiger partial charge in [0.05, 0.1) is 11.4 Å². The summed E-state index contributed by atoms with van der Waals surface area (Å²) in [6.45, 7) is 0. The average Bonchev–Trinajstić information content (AvgIpc) is 3.13. The maximum atomic E-state index is 12.8. The summed E-state index contributed by atoms with van der Waals surface area (Å²) in [6, 6.07) is 19.4. The van der Waals surface area contributed by atoms with Gasteiger partial charge in [-0.15, -0.1) is 11.8 Å². The van der Waals surface area contributed by atoms with E-state index in [-0.39, 0.29) is 5.09 Å². The summed E-state index contributed by atoms with van der Waals surface area (Å²) in [5.74, 6) is 0.599. The van der Waals surface area contributed by atoms with Gasteiger partial charge in [-0.1, -0.05) is 35.9 Å². The molecule has 8 heteroatoms. The van der Waals surface area contributed by atoms with Crippen molar-refractivity contribution in [1.29, 1.82) is 0 Å². The zero-order valence-electron chi connectivity index (χ0n) is 14.5. The number of anilines is 1. The predicted octanol–water partition coefficient (Wildman–Crippen LogP) is 5.57. The molecule has 0 saturated heterocycles. The Bertz CT molecular complexity index is 1190. The van der Waals surface area contributed by atoms with Crippen molar-refractivity contribution < 1.29 is 12.8 Å². The molecule has 2 aromatic carbocycles. The number of aromatic nitrogens is 1. The molecule has 0 fully saturated rings. The summed E-state index contributed by atoms with van der Waals surface area (Å²) in [4.78, 5) is 5.03. The molecule has 4 aromatic rings. The lowest BCUT2D eigenvalue weighted by molar-refractivity contribution is 0.484. The van der Waals surface area contributed by atoms with Gasteiger partial charge >= 0.3 is 0 Å². The van der Waals surface area contributed by atoms with Gasteiger partial charge in [0, 0.05) is 33.3 Å². The third-order valence-corrected chi connectivity index (χ3v) is 6.52. The molecule has 1 N–H and O–H groups in total. The molecule has 4 rings (SSSR count). The fourth-order valence-corrected chi connectivity index (χ4v) is 4.81. The first-order valence-corrected chi connectivity index (χ1v) is 11.2. The number of nitrogens with zero attached hydrogens (tertiary/aromatic N) is 1. The number of nitrogens with one attached hydrogen (secondary N) is 1. The topological polar surface area (TPSA) is 72.2 Å². The Balaban J connectivity index is 1.61. The third-order valence-electron chi connectivity index (χ3n) is 3.96. The second-order valence-corrected chi connectivity index (χ2v) is 9.03. The van der Waals surface area contributed by atoms with Crippen molar-refractivity contribution in [3.8, 4) is 0 Å². The van der Waals surface area contributed by atoms with Crippen LogP contribution in [-0.4, -0.2) is 13.4 Å². The lowest BCUT2D eigenvalue weighted by Gasteiger charge is -2.11. The molecule has 0 radical (unpaired) electrons. The summed E-state index contributed by atoms with van der Waals surface area (Å²) in [5, 5.41) is 1.01. The second kappa shape index (κ2) is 7.87. The summed E-state index contributed by atoms with van der Waals surface area (Å²) >= 11 is 7.56. The minimum atomic E-state index is -3.90. The zero-order valence-corrected chi connectivity index (χ0v) is 16.9. The van der Waals surface area contributed by atoms with Gasteiger partial charge < -0.3 is 4.42 Å². The first kappa shape index (κ1) is 18.9. The summed E-state index contributed by atoms with van der Waals surface area (Å²) < 4.78 is 33.8. The first-order valence-electron chi connectivity index (χ1n) is 8.35. The van der Waals surface area contributed by atoms with E-state index in [1.165, 1.54) is 17.8 Å². The van der Waals surface area contributed by atoms with Gasteiger partial charge in [0.15, 0.2) is 0 Å². The van der Waals surface area contributed by atoms with Crippen LogP contribution in [0.15, 0.2) is 87.3 Å². The quantitative estimate of drug-likeness (QED) is 0.404. The highest BCUT2D eigenvalue weighted by molar-refractivity contribution is 7.98. The number of hydrogen-bond acceptors (Lipinski definition) is 5. The SMILES string of the molecule is O=S(=O)(Nc1cc(Cl)ccc1SCc1ccccn1)c1cc2ccccc2o1. The van der Waals surface area contributed by atoms with Crippen LogP contribution in [0.3, 0.4) is 0 Å². The van der Waals surface area contributed by atoms with E-state index in [1.54, 1.807) is 42.6 Å². The van der Waals surface area contributed by atoms with E-state index in [9.17, 15) is 8.42 Å². The van der Waals surface area contributed by atoms with Crippen molar-refractivity contribution in [2.45, 2.75) is 15.7 Å². The van der Waals surface area contributed by atoms with E-state index in [2.05, 4.69) is 9.71 Å². The van der Waals surface area contributed by atoms with Crippen molar-refractivity contribution in [3.05, 3.63) is 83.6 Å². The monoisotopic (exact) mass is 430 g/mol. The van der Waals surface area contributed by atoms with E-state index >= 15 is 0 Å². The Morgan fingerprint density at radius 1 is 1.04 bits per heavy atom. The molecule has 28 heavy (non-hydrogen) atoms. The standard InChI is InChI=1S/C20H15ClN2O3S2/c21-15-8-9-19(27-13-16-6-3-4-10-22-16)17(12-15)23-28(24,25)20-11-14-5-1-2-7-18(14)26-20/h1-12,23H,13H2. The van der Waals surface area contributed by atoms with Gasteiger partial charge in [-0.25, -0.2) is 0 Å². The molecule has 2 aromatic heterocycles. The second-order valence-electron chi connectivity index (χ2n) is 5.96. The maximum Gasteiger partial charge on any atom is 0.295 e. The van der Waals surface area contributed by atoms with Crippen LogP contribution >= 0.6 is 23.4 Å². The number of rotatable bonds is 6. The normalized spacial score (nSPS) is 11.6.